The number of carbonyl (C=O) groups is 1. The SMILES string of the molecule is COc1ccccc1CNC(=O)Nc1ncccc1C. The van der Waals surface area contributed by atoms with Crippen LogP contribution in [-0.2, 0) is 6.54 Å². The number of aryl methyl sites for hydroxylation is 1. The van der Waals surface area contributed by atoms with E-state index in [4.69, 9.17) is 4.74 Å². The van der Waals surface area contributed by atoms with Gasteiger partial charge in [0.15, 0.2) is 0 Å². The highest BCUT2D eigenvalue weighted by molar-refractivity contribution is 5.88. The molecule has 2 rings (SSSR count). The van der Waals surface area contributed by atoms with E-state index in [1.165, 1.54) is 0 Å². The zero-order valence-corrected chi connectivity index (χ0v) is 11.5. The minimum atomic E-state index is -0.294. The van der Waals surface area contributed by atoms with Gasteiger partial charge in [0.2, 0.25) is 0 Å². The summed E-state index contributed by atoms with van der Waals surface area (Å²) in [5, 5.41) is 5.50. The minimum absolute atomic E-state index is 0.294. The molecule has 0 saturated carbocycles. The lowest BCUT2D eigenvalue weighted by Crippen LogP contribution is -2.29. The van der Waals surface area contributed by atoms with E-state index in [1.807, 2.05) is 43.3 Å². The second-order valence-corrected chi connectivity index (χ2v) is 4.29. The first-order valence-corrected chi connectivity index (χ1v) is 6.29. The summed E-state index contributed by atoms with van der Waals surface area (Å²) in [5.41, 5.74) is 1.84. The first-order chi connectivity index (χ1) is 9.70. The quantitative estimate of drug-likeness (QED) is 0.898. The van der Waals surface area contributed by atoms with Gasteiger partial charge in [-0.25, -0.2) is 9.78 Å². The number of pyridine rings is 1. The summed E-state index contributed by atoms with van der Waals surface area (Å²) in [7, 11) is 1.61. The number of anilines is 1. The van der Waals surface area contributed by atoms with Crippen molar-refractivity contribution in [2.75, 3.05) is 12.4 Å². The van der Waals surface area contributed by atoms with E-state index in [9.17, 15) is 4.79 Å². The highest BCUT2D eigenvalue weighted by atomic mass is 16.5. The smallest absolute Gasteiger partial charge is 0.320 e. The van der Waals surface area contributed by atoms with Crippen LogP contribution in [0, 0.1) is 6.92 Å². The van der Waals surface area contributed by atoms with Gasteiger partial charge in [-0.2, -0.15) is 0 Å². The maximum atomic E-state index is 11.8. The maximum Gasteiger partial charge on any atom is 0.320 e. The van der Waals surface area contributed by atoms with Gasteiger partial charge in [-0.05, 0) is 24.6 Å². The predicted molar refractivity (Wildman–Crippen MR) is 77.8 cm³/mol. The van der Waals surface area contributed by atoms with Gasteiger partial charge in [0, 0.05) is 18.3 Å². The van der Waals surface area contributed by atoms with E-state index in [-0.39, 0.29) is 6.03 Å². The van der Waals surface area contributed by atoms with Gasteiger partial charge in [0.1, 0.15) is 11.6 Å². The lowest BCUT2D eigenvalue weighted by atomic mass is 10.2. The molecule has 2 N–H and O–H groups in total. The molecule has 0 aliphatic rings. The Morgan fingerprint density at radius 1 is 1.25 bits per heavy atom. The lowest BCUT2D eigenvalue weighted by molar-refractivity contribution is 0.251. The average molecular weight is 271 g/mol. The largest absolute Gasteiger partial charge is 0.496 e. The van der Waals surface area contributed by atoms with E-state index in [0.29, 0.717) is 12.4 Å². The Bertz CT molecular complexity index is 599. The molecule has 0 aliphatic heterocycles. The Morgan fingerprint density at radius 3 is 2.80 bits per heavy atom. The van der Waals surface area contributed by atoms with E-state index < -0.39 is 0 Å². The lowest BCUT2D eigenvalue weighted by Gasteiger charge is -2.11. The summed E-state index contributed by atoms with van der Waals surface area (Å²) in [6.45, 7) is 2.28. The zero-order valence-electron chi connectivity index (χ0n) is 11.5. The number of aromatic nitrogens is 1. The Kier molecular flexibility index (Phi) is 4.55. The number of nitrogens with zero attached hydrogens (tertiary/aromatic N) is 1. The topological polar surface area (TPSA) is 63.2 Å². The van der Waals surface area contributed by atoms with Crippen molar-refractivity contribution < 1.29 is 9.53 Å². The fourth-order valence-corrected chi connectivity index (χ4v) is 1.79. The van der Waals surface area contributed by atoms with Gasteiger partial charge >= 0.3 is 6.03 Å². The van der Waals surface area contributed by atoms with Crippen molar-refractivity contribution in [3.8, 4) is 5.75 Å². The molecule has 0 unspecified atom stereocenters. The summed E-state index contributed by atoms with van der Waals surface area (Å²) in [4.78, 5) is 15.9. The Balaban J connectivity index is 1.94. The number of hydrogen-bond acceptors (Lipinski definition) is 3. The van der Waals surface area contributed by atoms with Crippen LogP contribution in [0.5, 0.6) is 5.75 Å². The Labute approximate surface area is 118 Å². The molecular formula is C15H17N3O2. The third-order valence-corrected chi connectivity index (χ3v) is 2.87. The van der Waals surface area contributed by atoms with Crippen LogP contribution in [0.15, 0.2) is 42.6 Å². The fraction of sp³-hybridized carbons (Fsp3) is 0.200. The van der Waals surface area contributed by atoms with E-state index in [0.717, 1.165) is 16.9 Å². The molecular weight excluding hydrogens is 254 g/mol. The van der Waals surface area contributed by atoms with Gasteiger partial charge < -0.3 is 10.1 Å². The average Bonchev–Trinajstić information content (AvgIpc) is 2.48. The molecule has 0 radical (unpaired) electrons. The number of ether oxygens (including phenoxy) is 1. The van der Waals surface area contributed by atoms with Crippen molar-refractivity contribution in [2.24, 2.45) is 0 Å². The molecule has 2 aromatic rings. The van der Waals surface area contributed by atoms with E-state index in [1.54, 1.807) is 13.3 Å². The summed E-state index contributed by atoms with van der Waals surface area (Å²) in [6, 6.07) is 11.0. The Morgan fingerprint density at radius 2 is 2.05 bits per heavy atom. The van der Waals surface area contributed by atoms with Crippen LogP contribution in [-0.4, -0.2) is 18.1 Å². The highest BCUT2D eigenvalue weighted by Crippen LogP contribution is 2.16. The molecule has 1 aromatic carbocycles. The van der Waals surface area contributed by atoms with Gasteiger partial charge in [-0.1, -0.05) is 24.3 Å². The predicted octanol–water partition coefficient (Wildman–Crippen LogP) is 2.72. The number of hydrogen-bond donors (Lipinski definition) is 2. The standard InChI is InChI=1S/C15H17N3O2/c1-11-6-5-9-16-14(11)18-15(19)17-10-12-7-3-4-8-13(12)20-2/h3-9H,10H2,1-2H3,(H2,16,17,18,19). The second kappa shape index (κ2) is 6.56. The van der Waals surface area contributed by atoms with Crippen molar-refractivity contribution >= 4 is 11.8 Å². The van der Waals surface area contributed by atoms with Gasteiger partial charge in [-0.15, -0.1) is 0 Å². The highest BCUT2D eigenvalue weighted by Gasteiger charge is 2.06. The van der Waals surface area contributed by atoms with Gasteiger partial charge in [0.05, 0.1) is 7.11 Å². The number of carbonyl (C=O) groups excluding carboxylic acids is 1. The van der Waals surface area contributed by atoms with Crippen LogP contribution in [0.25, 0.3) is 0 Å². The maximum absolute atomic E-state index is 11.8. The summed E-state index contributed by atoms with van der Waals surface area (Å²) >= 11 is 0. The number of nitrogens with one attached hydrogen (secondary N) is 2. The van der Waals surface area contributed by atoms with Crippen molar-refractivity contribution in [1.29, 1.82) is 0 Å². The summed E-state index contributed by atoms with van der Waals surface area (Å²) < 4.78 is 5.23. The summed E-state index contributed by atoms with van der Waals surface area (Å²) in [5.74, 6) is 1.31. The normalized spacial score (nSPS) is 9.90. The third-order valence-electron chi connectivity index (χ3n) is 2.87. The van der Waals surface area contributed by atoms with Crippen molar-refractivity contribution in [1.82, 2.24) is 10.3 Å². The van der Waals surface area contributed by atoms with Gasteiger partial charge in [-0.3, -0.25) is 5.32 Å². The number of urea groups is 1. The first-order valence-electron chi connectivity index (χ1n) is 6.29. The summed E-state index contributed by atoms with van der Waals surface area (Å²) in [6.07, 6.45) is 1.64. The second-order valence-electron chi connectivity index (χ2n) is 4.29. The molecule has 0 spiro atoms. The number of methoxy groups -OCH3 is 1. The third kappa shape index (κ3) is 3.47. The van der Waals surface area contributed by atoms with Crippen LogP contribution < -0.4 is 15.4 Å². The van der Waals surface area contributed by atoms with Crippen LogP contribution in [0.3, 0.4) is 0 Å². The number of rotatable bonds is 4. The zero-order chi connectivity index (χ0) is 14.4. The number of amides is 2. The van der Waals surface area contributed by atoms with Crippen LogP contribution in [0.4, 0.5) is 10.6 Å². The monoisotopic (exact) mass is 271 g/mol. The molecule has 5 nitrogen and oxygen atoms in total. The van der Waals surface area contributed by atoms with Crippen LogP contribution in [0.1, 0.15) is 11.1 Å². The van der Waals surface area contributed by atoms with Crippen molar-refractivity contribution in [3.05, 3.63) is 53.7 Å². The number of para-hydroxylation sites is 1. The fourth-order valence-electron chi connectivity index (χ4n) is 1.79. The van der Waals surface area contributed by atoms with Crippen LogP contribution >= 0.6 is 0 Å². The van der Waals surface area contributed by atoms with Crippen LogP contribution in [0.2, 0.25) is 0 Å². The Hall–Kier alpha value is -2.56. The molecule has 20 heavy (non-hydrogen) atoms. The van der Waals surface area contributed by atoms with E-state index >= 15 is 0 Å². The molecule has 0 atom stereocenters. The van der Waals surface area contributed by atoms with Crippen molar-refractivity contribution in [2.45, 2.75) is 13.5 Å². The molecule has 1 aromatic heterocycles. The molecule has 2 amide bonds. The molecule has 104 valence electrons. The van der Waals surface area contributed by atoms with Gasteiger partial charge in [0.25, 0.3) is 0 Å². The van der Waals surface area contributed by atoms with Crippen molar-refractivity contribution in [3.63, 3.8) is 0 Å². The molecule has 5 heteroatoms. The molecule has 1 heterocycles. The molecule has 0 fully saturated rings. The first kappa shape index (κ1) is 13.9. The molecule has 0 aliphatic carbocycles. The molecule has 0 saturated heterocycles. The minimum Gasteiger partial charge on any atom is -0.496 e. The molecule has 0 bridgehead atoms. The van der Waals surface area contributed by atoms with E-state index in [2.05, 4.69) is 15.6 Å². The number of benzene rings is 1.